The highest BCUT2D eigenvalue weighted by Crippen LogP contribution is 2.37. The monoisotopic (exact) mass is 192 g/mol. The first kappa shape index (κ1) is 9.69. The SMILES string of the molecule is Cc1nn(C)c(N=N)c1C(F)(F)F. The Hall–Kier alpha value is -1.40. The average molecular weight is 192 g/mol. The van der Waals surface area contributed by atoms with Gasteiger partial charge in [-0.3, -0.25) is 0 Å². The fourth-order valence-electron chi connectivity index (χ4n) is 1.11. The van der Waals surface area contributed by atoms with Gasteiger partial charge in [-0.15, -0.1) is 5.11 Å². The summed E-state index contributed by atoms with van der Waals surface area (Å²) in [6.45, 7) is 1.23. The molecule has 0 saturated heterocycles. The predicted molar refractivity (Wildman–Crippen MR) is 37.8 cm³/mol. The van der Waals surface area contributed by atoms with Gasteiger partial charge in [-0.25, -0.2) is 10.2 Å². The molecule has 0 unspecified atom stereocenters. The fourth-order valence-corrected chi connectivity index (χ4v) is 1.11. The van der Waals surface area contributed by atoms with Gasteiger partial charge in [-0.05, 0) is 6.92 Å². The third-order valence-electron chi connectivity index (χ3n) is 1.58. The van der Waals surface area contributed by atoms with Crippen LogP contribution in [-0.2, 0) is 13.2 Å². The molecule has 1 N–H and O–H groups in total. The van der Waals surface area contributed by atoms with Crippen molar-refractivity contribution in [2.45, 2.75) is 13.1 Å². The summed E-state index contributed by atoms with van der Waals surface area (Å²) in [6.07, 6.45) is -4.50. The van der Waals surface area contributed by atoms with E-state index >= 15 is 0 Å². The number of nitrogens with zero attached hydrogens (tertiary/aromatic N) is 3. The summed E-state index contributed by atoms with van der Waals surface area (Å²) in [7, 11) is 1.32. The van der Waals surface area contributed by atoms with Gasteiger partial charge in [0.15, 0.2) is 5.82 Å². The molecule has 0 saturated carbocycles. The summed E-state index contributed by atoms with van der Waals surface area (Å²) in [4.78, 5) is 0. The molecule has 7 heteroatoms. The minimum atomic E-state index is -4.50. The summed E-state index contributed by atoms with van der Waals surface area (Å²) in [5.74, 6) is -0.468. The highest BCUT2D eigenvalue weighted by Gasteiger charge is 2.38. The number of halogens is 3. The number of nitrogens with one attached hydrogen (secondary N) is 1. The first-order chi connectivity index (χ1) is 5.88. The number of hydrogen-bond donors (Lipinski definition) is 1. The van der Waals surface area contributed by atoms with Crippen molar-refractivity contribution >= 4 is 5.82 Å². The van der Waals surface area contributed by atoms with E-state index in [1.165, 1.54) is 14.0 Å². The van der Waals surface area contributed by atoms with Crippen LogP contribution in [0.5, 0.6) is 0 Å². The number of hydrogen-bond acceptors (Lipinski definition) is 3. The molecule has 0 fully saturated rings. The van der Waals surface area contributed by atoms with E-state index in [-0.39, 0.29) is 5.69 Å². The predicted octanol–water partition coefficient (Wildman–Crippen LogP) is 2.41. The van der Waals surface area contributed by atoms with Crippen LogP contribution in [0.1, 0.15) is 11.3 Å². The van der Waals surface area contributed by atoms with Crippen LogP contribution < -0.4 is 0 Å². The molecule has 0 aliphatic heterocycles. The molecule has 1 aromatic heterocycles. The topological polar surface area (TPSA) is 54.0 Å². The van der Waals surface area contributed by atoms with Crippen LogP contribution in [0.15, 0.2) is 5.11 Å². The van der Waals surface area contributed by atoms with E-state index in [1.54, 1.807) is 0 Å². The van der Waals surface area contributed by atoms with Gasteiger partial charge in [0.05, 0.1) is 5.69 Å². The zero-order valence-corrected chi connectivity index (χ0v) is 6.98. The van der Waals surface area contributed by atoms with Crippen molar-refractivity contribution in [2.75, 3.05) is 0 Å². The zero-order valence-electron chi connectivity index (χ0n) is 6.98. The van der Waals surface area contributed by atoms with Crippen LogP contribution >= 0.6 is 0 Å². The fraction of sp³-hybridized carbons (Fsp3) is 0.500. The van der Waals surface area contributed by atoms with Gasteiger partial charge in [0.2, 0.25) is 0 Å². The molecule has 1 aromatic rings. The molecule has 0 amide bonds. The average Bonchev–Trinajstić information content (AvgIpc) is 2.23. The Labute approximate surface area is 71.9 Å². The smallest absolute Gasteiger partial charge is 0.249 e. The van der Waals surface area contributed by atoms with Gasteiger partial charge in [0.25, 0.3) is 0 Å². The number of alkyl halides is 3. The van der Waals surface area contributed by atoms with Gasteiger partial charge in [-0.1, -0.05) is 0 Å². The third kappa shape index (κ3) is 1.53. The van der Waals surface area contributed by atoms with E-state index in [4.69, 9.17) is 5.53 Å². The molecular weight excluding hydrogens is 185 g/mol. The highest BCUT2D eigenvalue weighted by atomic mass is 19.4. The van der Waals surface area contributed by atoms with Gasteiger partial charge in [0, 0.05) is 7.05 Å². The lowest BCUT2D eigenvalue weighted by molar-refractivity contribution is -0.137. The largest absolute Gasteiger partial charge is 0.421 e. The Morgan fingerprint density at radius 1 is 1.46 bits per heavy atom. The first-order valence-corrected chi connectivity index (χ1v) is 3.36. The molecule has 72 valence electrons. The second kappa shape index (κ2) is 2.82. The Balaban J connectivity index is 3.42. The molecule has 0 atom stereocenters. The third-order valence-corrected chi connectivity index (χ3v) is 1.58. The van der Waals surface area contributed by atoms with Gasteiger partial charge < -0.3 is 0 Å². The molecule has 0 aromatic carbocycles. The Bertz CT molecular complexity index is 338. The van der Waals surface area contributed by atoms with Crippen LogP contribution in [0.2, 0.25) is 0 Å². The zero-order chi connectivity index (χ0) is 10.2. The quantitative estimate of drug-likeness (QED) is 0.682. The Kier molecular flexibility index (Phi) is 2.10. The molecule has 0 spiro atoms. The van der Waals surface area contributed by atoms with E-state index in [9.17, 15) is 13.2 Å². The minimum absolute atomic E-state index is 0.166. The summed E-state index contributed by atoms with van der Waals surface area (Å²) in [5, 5.41) is 6.32. The maximum Gasteiger partial charge on any atom is 0.421 e. The van der Waals surface area contributed by atoms with Crippen molar-refractivity contribution in [2.24, 2.45) is 12.2 Å². The van der Waals surface area contributed by atoms with E-state index in [2.05, 4.69) is 10.2 Å². The molecule has 4 nitrogen and oxygen atoms in total. The minimum Gasteiger partial charge on any atom is -0.249 e. The maximum atomic E-state index is 12.3. The second-order valence-electron chi connectivity index (χ2n) is 2.52. The van der Waals surface area contributed by atoms with Gasteiger partial charge in [0.1, 0.15) is 5.56 Å². The van der Waals surface area contributed by atoms with Crippen LogP contribution in [0.25, 0.3) is 0 Å². The van der Waals surface area contributed by atoms with Crippen molar-refractivity contribution in [3.05, 3.63) is 11.3 Å². The van der Waals surface area contributed by atoms with E-state index < -0.39 is 17.6 Å². The Morgan fingerprint density at radius 3 is 2.31 bits per heavy atom. The summed E-state index contributed by atoms with van der Waals surface area (Å²) >= 11 is 0. The number of aryl methyl sites for hydroxylation is 2. The highest BCUT2D eigenvalue weighted by molar-refractivity contribution is 5.43. The summed E-state index contributed by atoms with van der Waals surface area (Å²) in [5.41, 5.74) is 5.48. The standard InChI is InChI=1S/C6H7F3N4/c1-3-4(6(7,8)9)5(11-10)13(2)12-3/h10H,1-2H3. The lowest BCUT2D eigenvalue weighted by Crippen LogP contribution is -2.05. The lowest BCUT2D eigenvalue weighted by Gasteiger charge is -2.04. The molecule has 0 radical (unpaired) electrons. The van der Waals surface area contributed by atoms with E-state index in [0.717, 1.165) is 4.68 Å². The normalized spacial score (nSPS) is 11.8. The van der Waals surface area contributed by atoms with Crippen molar-refractivity contribution < 1.29 is 13.2 Å². The van der Waals surface area contributed by atoms with Gasteiger partial charge >= 0.3 is 6.18 Å². The molecule has 0 aliphatic carbocycles. The van der Waals surface area contributed by atoms with Crippen LogP contribution in [-0.4, -0.2) is 9.78 Å². The molecule has 0 bridgehead atoms. The summed E-state index contributed by atoms with van der Waals surface area (Å²) in [6, 6.07) is 0. The van der Waals surface area contributed by atoms with E-state index in [1.807, 2.05) is 0 Å². The van der Waals surface area contributed by atoms with Crippen molar-refractivity contribution in [1.29, 1.82) is 5.53 Å². The van der Waals surface area contributed by atoms with E-state index in [0.29, 0.717) is 0 Å². The maximum absolute atomic E-state index is 12.3. The Morgan fingerprint density at radius 2 is 2.00 bits per heavy atom. The summed E-state index contributed by atoms with van der Waals surface area (Å²) < 4.78 is 37.9. The molecule has 0 aliphatic rings. The van der Waals surface area contributed by atoms with Crippen molar-refractivity contribution in [3.8, 4) is 0 Å². The molecular formula is C6H7F3N4. The second-order valence-corrected chi connectivity index (χ2v) is 2.52. The lowest BCUT2D eigenvalue weighted by atomic mass is 10.2. The number of rotatable bonds is 1. The van der Waals surface area contributed by atoms with Crippen molar-refractivity contribution in [1.82, 2.24) is 9.78 Å². The molecule has 13 heavy (non-hydrogen) atoms. The van der Waals surface area contributed by atoms with Crippen LogP contribution in [0.3, 0.4) is 0 Å². The van der Waals surface area contributed by atoms with Crippen LogP contribution in [0, 0.1) is 12.5 Å². The van der Waals surface area contributed by atoms with Gasteiger partial charge in [-0.2, -0.15) is 18.3 Å². The van der Waals surface area contributed by atoms with Crippen LogP contribution in [0.4, 0.5) is 19.0 Å². The molecule has 1 heterocycles. The molecule has 1 rings (SSSR count). The number of aromatic nitrogens is 2. The van der Waals surface area contributed by atoms with Crippen molar-refractivity contribution in [3.63, 3.8) is 0 Å². The first-order valence-electron chi connectivity index (χ1n) is 3.36.